The fourth-order valence-electron chi connectivity index (χ4n) is 3.87. The Kier molecular flexibility index (Phi) is 7.62. The molecule has 0 spiro atoms. The lowest BCUT2D eigenvalue weighted by Crippen LogP contribution is -2.39. The number of piperidine rings is 1. The van der Waals surface area contributed by atoms with Gasteiger partial charge in [0.05, 0.1) is 32.5 Å². The van der Waals surface area contributed by atoms with Crippen molar-refractivity contribution in [3.8, 4) is 0 Å². The Bertz CT molecular complexity index is 309. The summed E-state index contributed by atoms with van der Waals surface area (Å²) in [5.74, 6) is 0.918. The van der Waals surface area contributed by atoms with Crippen LogP contribution in [0.5, 0.6) is 0 Å². The van der Waals surface area contributed by atoms with E-state index < -0.39 is 0 Å². The zero-order valence-electron chi connectivity index (χ0n) is 14.6. The van der Waals surface area contributed by atoms with Crippen LogP contribution in [0, 0.1) is 5.92 Å². The van der Waals surface area contributed by atoms with Crippen LogP contribution >= 0.6 is 0 Å². The molecular formula is C18H34N2O3. The molecule has 3 fully saturated rings. The minimum absolute atomic E-state index is 0.362. The van der Waals surface area contributed by atoms with Gasteiger partial charge >= 0.3 is 0 Å². The number of hydrogen-bond donors (Lipinski definition) is 0. The zero-order valence-corrected chi connectivity index (χ0v) is 14.6. The highest BCUT2D eigenvalue weighted by molar-refractivity contribution is 4.74. The van der Waals surface area contributed by atoms with Crippen molar-refractivity contribution in [1.29, 1.82) is 0 Å². The molecule has 5 heteroatoms. The summed E-state index contributed by atoms with van der Waals surface area (Å²) in [5, 5.41) is 0. The fourth-order valence-corrected chi connectivity index (χ4v) is 3.87. The molecule has 0 aromatic rings. The third kappa shape index (κ3) is 6.31. The van der Waals surface area contributed by atoms with Gasteiger partial charge in [0.2, 0.25) is 0 Å². The van der Waals surface area contributed by atoms with Crippen molar-refractivity contribution in [1.82, 2.24) is 9.80 Å². The summed E-state index contributed by atoms with van der Waals surface area (Å²) in [7, 11) is 0. The van der Waals surface area contributed by atoms with Crippen LogP contribution < -0.4 is 0 Å². The molecule has 3 heterocycles. The Labute approximate surface area is 141 Å². The van der Waals surface area contributed by atoms with Crippen LogP contribution in [0.1, 0.15) is 32.1 Å². The molecule has 0 aromatic carbocycles. The maximum absolute atomic E-state index is 5.79. The van der Waals surface area contributed by atoms with Gasteiger partial charge in [0, 0.05) is 26.2 Å². The number of morpholine rings is 1. The third-order valence-corrected chi connectivity index (χ3v) is 5.54. The van der Waals surface area contributed by atoms with E-state index in [4.69, 9.17) is 14.2 Å². The van der Waals surface area contributed by atoms with Gasteiger partial charge in [0.25, 0.3) is 0 Å². The highest BCUT2D eigenvalue weighted by Gasteiger charge is 2.21. The van der Waals surface area contributed by atoms with Crippen molar-refractivity contribution in [2.75, 3.05) is 72.3 Å². The number of likely N-dealkylation sites (tertiary alicyclic amines) is 1. The van der Waals surface area contributed by atoms with Gasteiger partial charge in [0.15, 0.2) is 0 Å². The Balaban J connectivity index is 1.19. The quantitative estimate of drug-likeness (QED) is 0.633. The third-order valence-electron chi connectivity index (χ3n) is 5.54. The monoisotopic (exact) mass is 326 g/mol. The van der Waals surface area contributed by atoms with E-state index in [1.165, 1.54) is 51.7 Å². The van der Waals surface area contributed by atoms with E-state index in [0.717, 1.165) is 58.6 Å². The molecule has 0 unspecified atom stereocenters. The van der Waals surface area contributed by atoms with Gasteiger partial charge in [-0.3, -0.25) is 4.90 Å². The Morgan fingerprint density at radius 2 is 1.65 bits per heavy atom. The second-order valence-corrected chi connectivity index (χ2v) is 7.24. The van der Waals surface area contributed by atoms with Crippen LogP contribution in [-0.4, -0.2) is 88.2 Å². The summed E-state index contributed by atoms with van der Waals surface area (Å²) in [4.78, 5) is 5.13. The van der Waals surface area contributed by atoms with Crippen LogP contribution in [-0.2, 0) is 14.2 Å². The minimum Gasteiger partial charge on any atom is -0.379 e. The van der Waals surface area contributed by atoms with Crippen molar-refractivity contribution in [2.45, 2.75) is 38.2 Å². The lowest BCUT2D eigenvalue weighted by molar-refractivity contribution is 0.00716. The number of hydrogen-bond acceptors (Lipinski definition) is 5. The highest BCUT2D eigenvalue weighted by Crippen LogP contribution is 2.21. The first kappa shape index (κ1) is 17.6. The van der Waals surface area contributed by atoms with Gasteiger partial charge in [-0.1, -0.05) is 0 Å². The Morgan fingerprint density at radius 1 is 0.870 bits per heavy atom. The lowest BCUT2D eigenvalue weighted by atomic mass is 9.93. The van der Waals surface area contributed by atoms with E-state index >= 15 is 0 Å². The van der Waals surface area contributed by atoms with Gasteiger partial charge < -0.3 is 19.1 Å². The highest BCUT2D eigenvalue weighted by atomic mass is 16.5. The Morgan fingerprint density at radius 3 is 2.39 bits per heavy atom. The molecule has 3 aliphatic heterocycles. The van der Waals surface area contributed by atoms with E-state index in [9.17, 15) is 0 Å². The van der Waals surface area contributed by atoms with E-state index in [2.05, 4.69) is 9.80 Å². The fraction of sp³-hybridized carbons (Fsp3) is 1.00. The van der Waals surface area contributed by atoms with Crippen LogP contribution in [0.3, 0.4) is 0 Å². The lowest BCUT2D eigenvalue weighted by Gasteiger charge is -2.33. The van der Waals surface area contributed by atoms with E-state index in [1.807, 2.05) is 0 Å². The van der Waals surface area contributed by atoms with Crippen molar-refractivity contribution < 1.29 is 14.2 Å². The van der Waals surface area contributed by atoms with Crippen molar-refractivity contribution in [3.63, 3.8) is 0 Å². The topological polar surface area (TPSA) is 34.2 Å². The predicted octanol–water partition coefficient (Wildman–Crippen LogP) is 1.62. The molecule has 1 atom stereocenters. The molecule has 134 valence electrons. The first-order chi connectivity index (χ1) is 11.4. The van der Waals surface area contributed by atoms with Crippen molar-refractivity contribution in [2.24, 2.45) is 5.92 Å². The second kappa shape index (κ2) is 9.94. The summed E-state index contributed by atoms with van der Waals surface area (Å²) in [6.07, 6.45) is 6.82. The predicted molar refractivity (Wildman–Crippen MR) is 90.8 cm³/mol. The molecular weight excluding hydrogens is 292 g/mol. The van der Waals surface area contributed by atoms with Gasteiger partial charge in [-0.15, -0.1) is 0 Å². The standard InChI is InChI=1S/C18H34N2O3/c1-2-18(23-12-1)16-22-15-11-19-6-3-17(4-7-19)5-8-20-9-13-21-14-10-20/h17-18H,1-16H2/t18-/m1/s1. The number of rotatable bonds is 8. The molecule has 3 aliphatic rings. The Hall–Kier alpha value is -0.200. The number of nitrogens with zero attached hydrogens (tertiary/aromatic N) is 2. The number of ether oxygens (including phenoxy) is 3. The van der Waals surface area contributed by atoms with Crippen LogP contribution in [0.15, 0.2) is 0 Å². The van der Waals surface area contributed by atoms with E-state index in [0.29, 0.717) is 6.10 Å². The zero-order chi connectivity index (χ0) is 15.7. The SMILES string of the molecule is C1CO[C@@H](COCCN2CCC(CCN3CCOCC3)CC2)C1. The first-order valence-electron chi connectivity index (χ1n) is 9.62. The van der Waals surface area contributed by atoms with Gasteiger partial charge in [-0.2, -0.15) is 0 Å². The molecule has 5 nitrogen and oxygen atoms in total. The van der Waals surface area contributed by atoms with Gasteiger partial charge in [0.1, 0.15) is 0 Å². The van der Waals surface area contributed by atoms with E-state index in [-0.39, 0.29) is 0 Å². The molecule has 0 amide bonds. The van der Waals surface area contributed by atoms with E-state index in [1.54, 1.807) is 0 Å². The smallest absolute Gasteiger partial charge is 0.0809 e. The van der Waals surface area contributed by atoms with Gasteiger partial charge in [-0.25, -0.2) is 0 Å². The summed E-state index contributed by atoms with van der Waals surface area (Å²) < 4.78 is 16.8. The van der Waals surface area contributed by atoms with Crippen LogP contribution in [0.2, 0.25) is 0 Å². The normalized spacial score (nSPS) is 28.4. The van der Waals surface area contributed by atoms with Crippen LogP contribution in [0.25, 0.3) is 0 Å². The average molecular weight is 326 g/mol. The average Bonchev–Trinajstić information content (AvgIpc) is 3.12. The molecule has 0 aliphatic carbocycles. The molecule has 0 N–H and O–H groups in total. The summed E-state index contributed by atoms with van der Waals surface area (Å²) in [6, 6.07) is 0. The second-order valence-electron chi connectivity index (χ2n) is 7.24. The van der Waals surface area contributed by atoms with Crippen molar-refractivity contribution >= 4 is 0 Å². The van der Waals surface area contributed by atoms with Crippen LogP contribution in [0.4, 0.5) is 0 Å². The summed E-state index contributed by atoms with van der Waals surface area (Å²) in [5.41, 5.74) is 0. The summed E-state index contributed by atoms with van der Waals surface area (Å²) in [6.45, 7) is 11.5. The van der Waals surface area contributed by atoms with Gasteiger partial charge in [-0.05, 0) is 57.7 Å². The maximum Gasteiger partial charge on any atom is 0.0809 e. The molecule has 0 aromatic heterocycles. The molecule has 0 bridgehead atoms. The molecule has 3 rings (SSSR count). The summed E-state index contributed by atoms with van der Waals surface area (Å²) >= 11 is 0. The minimum atomic E-state index is 0.362. The first-order valence-corrected chi connectivity index (χ1v) is 9.62. The largest absolute Gasteiger partial charge is 0.379 e. The maximum atomic E-state index is 5.79. The molecule has 0 radical (unpaired) electrons. The van der Waals surface area contributed by atoms with Crippen molar-refractivity contribution in [3.05, 3.63) is 0 Å². The molecule has 3 saturated heterocycles. The molecule has 0 saturated carbocycles. The molecule has 23 heavy (non-hydrogen) atoms.